The predicted octanol–water partition coefficient (Wildman–Crippen LogP) is 5.26. The van der Waals surface area contributed by atoms with E-state index in [0.717, 1.165) is 34.4 Å². The zero-order chi connectivity index (χ0) is 22.1. The molecular weight excluding hydrogens is 412 g/mol. The highest BCUT2D eigenvalue weighted by Crippen LogP contribution is 2.36. The first kappa shape index (κ1) is 20.7. The van der Waals surface area contributed by atoms with Crippen LogP contribution in [0.2, 0.25) is 0 Å². The second-order valence-electron chi connectivity index (χ2n) is 7.10. The Morgan fingerprint density at radius 1 is 0.968 bits per heavy atom. The Morgan fingerprint density at radius 2 is 1.65 bits per heavy atom. The van der Waals surface area contributed by atoms with Crippen LogP contribution in [0, 0.1) is 13.8 Å². The normalized spacial score (nSPS) is 15.1. The van der Waals surface area contributed by atoms with Crippen molar-refractivity contribution >= 4 is 40.6 Å². The molecule has 7 heteroatoms. The lowest BCUT2D eigenvalue weighted by molar-refractivity contribution is -0.131. The van der Waals surface area contributed by atoms with Gasteiger partial charge >= 0.3 is 5.97 Å². The molecular formula is C24H20N2O4S. The van der Waals surface area contributed by atoms with Gasteiger partial charge in [-0.3, -0.25) is 14.4 Å². The third-order valence-electron chi connectivity index (χ3n) is 4.92. The summed E-state index contributed by atoms with van der Waals surface area (Å²) in [5, 5.41) is -0.308. The number of nitrogens with zero attached hydrogens (tertiary/aromatic N) is 2. The van der Waals surface area contributed by atoms with Gasteiger partial charge in [0.15, 0.2) is 0 Å². The van der Waals surface area contributed by atoms with Gasteiger partial charge in [-0.25, -0.2) is 4.90 Å². The van der Waals surface area contributed by atoms with Crippen LogP contribution in [0.4, 0.5) is 10.5 Å². The average Bonchev–Trinajstić information content (AvgIpc) is 3.17. The van der Waals surface area contributed by atoms with Gasteiger partial charge in [-0.2, -0.15) is 0 Å². The van der Waals surface area contributed by atoms with Crippen molar-refractivity contribution in [2.24, 2.45) is 0 Å². The Morgan fingerprint density at radius 3 is 2.29 bits per heavy atom. The van der Waals surface area contributed by atoms with Crippen molar-refractivity contribution in [3.8, 4) is 11.4 Å². The van der Waals surface area contributed by atoms with Crippen LogP contribution in [0.15, 0.2) is 65.6 Å². The molecule has 0 N–H and O–H groups in total. The number of carbonyl (C=O) groups is 3. The van der Waals surface area contributed by atoms with Gasteiger partial charge in [-0.1, -0.05) is 18.2 Å². The van der Waals surface area contributed by atoms with Crippen molar-refractivity contribution in [2.75, 3.05) is 4.90 Å². The second-order valence-corrected chi connectivity index (χ2v) is 8.10. The first-order valence-electron chi connectivity index (χ1n) is 9.66. The van der Waals surface area contributed by atoms with Crippen LogP contribution < -0.4 is 9.64 Å². The average molecular weight is 433 g/mol. The fourth-order valence-corrected chi connectivity index (χ4v) is 4.40. The molecule has 0 saturated carbocycles. The molecule has 4 rings (SSSR count). The summed E-state index contributed by atoms with van der Waals surface area (Å²) in [6.45, 7) is 5.29. The highest BCUT2D eigenvalue weighted by Gasteiger charge is 2.36. The lowest BCUT2D eigenvalue weighted by Crippen LogP contribution is -2.27. The Balaban J connectivity index is 1.65. The van der Waals surface area contributed by atoms with Crippen molar-refractivity contribution in [2.45, 2.75) is 20.8 Å². The third-order valence-corrected chi connectivity index (χ3v) is 5.79. The summed E-state index contributed by atoms with van der Waals surface area (Å²) in [5.41, 5.74) is 4.24. The van der Waals surface area contributed by atoms with Gasteiger partial charge in [0.2, 0.25) is 0 Å². The maximum atomic E-state index is 12.9. The lowest BCUT2D eigenvalue weighted by atomic mass is 10.2. The van der Waals surface area contributed by atoms with E-state index in [1.165, 1.54) is 11.8 Å². The zero-order valence-electron chi connectivity index (χ0n) is 17.3. The minimum atomic E-state index is -0.368. The fourth-order valence-electron chi connectivity index (χ4n) is 3.57. The number of hydrogen-bond donors (Lipinski definition) is 0. The number of anilines is 1. The summed E-state index contributed by atoms with van der Waals surface area (Å²) in [4.78, 5) is 38.0. The Kier molecular flexibility index (Phi) is 5.52. The molecule has 3 aromatic rings. The quantitative estimate of drug-likeness (QED) is 0.320. The summed E-state index contributed by atoms with van der Waals surface area (Å²) in [5.74, 6) is -0.210. The summed E-state index contributed by atoms with van der Waals surface area (Å²) < 4.78 is 7.14. The fraction of sp³-hybridized carbons (Fsp3) is 0.125. The molecule has 0 radical (unpaired) electrons. The summed E-state index contributed by atoms with van der Waals surface area (Å²) in [6.07, 6.45) is 1.76. The minimum absolute atomic E-state index is 0.308. The number of hydrogen-bond acceptors (Lipinski definition) is 5. The van der Waals surface area contributed by atoms with Crippen molar-refractivity contribution in [3.05, 3.63) is 82.5 Å². The largest absolute Gasteiger partial charge is 0.427 e. The van der Waals surface area contributed by atoms with Crippen molar-refractivity contribution < 1.29 is 19.1 Å². The first-order chi connectivity index (χ1) is 14.8. The van der Waals surface area contributed by atoms with Gasteiger partial charge < -0.3 is 9.30 Å². The number of benzene rings is 2. The number of ether oxygens (including phenoxy) is 1. The number of imide groups is 1. The molecule has 1 fully saturated rings. The second kappa shape index (κ2) is 8.28. The summed E-state index contributed by atoms with van der Waals surface area (Å²) in [6, 6.07) is 18.1. The topological polar surface area (TPSA) is 68.6 Å². The van der Waals surface area contributed by atoms with Crippen LogP contribution in [-0.2, 0) is 9.59 Å². The van der Waals surface area contributed by atoms with E-state index in [1.807, 2.05) is 42.7 Å². The van der Waals surface area contributed by atoms with E-state index in [4.69, 9.17) is 4.74 Å². The van der Waals surface area contributed by atoms with Crippen molar-refractivity contribution in [3.63, 3.8) is 0 Å². The lowest BCUT2D eigenvalue weighted by Gasteiger charge is -2.11. The molecule has 1 aliphatic rings. The van der Waals surface area contributed by atoms with Crippen LogP contribution in [-0.4, -0.2) is 21.7 Å². The van der Waals surface area contributed by atoms with Gasteiger partial charge in [0.25, 0.3) is 11.1 Å². The summed E-state index contributed by atoms with van der Waals surface area (Å²) >= 11 is 0.940. The molecule has 31 heavy (non-hydrogen) atoms. The van der Waals surface area contributed by atoms with Gasteiger partial charge in [0.05, 0.1) is 10.6 Å². The molecule has 0 unspecified atom stereocenters. The van der Waals surface area contributed by atoms with E-state index in [2.05, 4.69) is 0 Å². The van der Waals surface area contributed by atoms with Crippen molar-refractivity contribution in [1.82, 2.24) is 4.57 Å². The minimum Gasteiger partial charge on any atom is -0.427 e. The Hall–Kier alpha value is -3.58. The number of para-hydroxylation sites is 1. The molecule has 0 spiro atoms. The molecule has 0 aliphatic carbocycles. The number of amides is 2. The number of rotatable bonds is 4. The molecule has 1 aromatic heterocycles. The van der Waals surface area contributed by atoms with Gasteiger partial charge in [-0.05, 0) is 79.7 Å². The standard InChI is InChI=1S/C24H20N2O4S/c1-15-13-18(16(2)25(15)20-9-11-21(12-10-20)30-17(3)27)14-22-23(28)26(24(29)31-22)19-7-5-4-6-8-19/h4-14H,1-3H3. The molecule has 6 nitrogen and oxygen atoms in total. The van der Waals surface area contributed by atoms with E-state index in [9.17, 15) is 14.4 Å². The van der Waals surface area contributed by atoms with Crippen LogP contribution in [0.1, 0.15) is 23.9 Å². The number of aryl methyl sites for hydroxylation is 1. The molecule has 2 aromatic carbocycles. The molecule has 2 amide bonds. The van der Waals surface area contributed by atoms with Gasteiger partial charge in [0, 0.05) is 24.0 Å². The number of esters is 1. The molecule has 1 saturated heterocycles. The van der Waals surface area contributed by atoms with Crippen molar-refractivity contribution in [1.29, 1.82) is 0 Å². The molecule has 2 heterocycles. The highest BCUT2D eigenvalue weighted by atomic mass is 32.2. The maximum absolute atomic E-state index is 12.9. The molecule has 156 valence electrons. The first-order valence-corrected chi connectivity index (χ1v) is 10.5. The Labute approximate surface area is 184 Å². The van der Waals surface area contributed by atoms with Crippen LogP contribution in [0.25, 0.3) is 11.8 Å². The highest BCUT2D eigenvalue weighted by molar-refractivity contribution is 8.19. The SMILES string of the molecule is CC(=O)Oc1ccc(-n2c(C)cc(C=C3SC(=O)N(c4ccccc4)C3=O)c2C)cc1. The monoisotopic (exact) mass is 432 g/mol. The van der Waals surface area contributed by atoms with Crippen LogP contribution in [0.3, 0.4) is 0 Å². The number of thioether (sulfide) groups is 1. The number of carbonyl (C=O) groups excluding carboxylic acids is 3. The number of aromatic nitrogens is 1. The predicted molar refractivity (Wildman–Crippen MR) is 121 cm³/mol. The Bertz CT molecular complexity index is 1210. The van der Waals surface area contributed by atoms with E-state index in [1.54, 1.807) is 42.5 Å². The maximum Gasteiger partial charge on any atom is 0.308 e. The van der Waals surface area contributed by atoms with E-state index >= 15 is 0 Å². The van der Waals surface area contributed by atoms with E-state index < -0.39 is 0 Å². The van der Waals surface area contributed by atoms with Crippen LogP contribution in [0.5, 0.6) is 5.75 Å². The van der Waals surface area contributed by atoms with E-state index in [0.29, 0.717) is 16.3 Å². The van der Waals surface area contributed by atoms with Crippen LogP contribution >= 0.6 is 11.8 Å². The van der Waals surface area contributed by atoms with Gasteiger partial charge in [-0.15, -0.1) is 0 Å². The zero-order valence-corrected chi connectivity index (χ0v) is 18.1. The smallest absolute Gasteiger partial charge is 0.308 e. The third kappa shape index (κ3) is 4.04. The summed E-state index contributed by atoms with van der Waals surface area (Å²) in [7, 11) is 0. The van der Waals surface area contributed by atoms with E-state index in [-0.39, 0.29) is 17.1 Å². The van der Waals surface area contributed by atoms with Gasteiger partial charge in [0.1, 0.15) is 5.75 Å². The molecule has 1 aliphatic heterocycles. The molecule has 0 bridgehead atoms. The molecule has 0 atom stereocenters.